The second-order valence-corrected chi connectivity index (χ2v) is 11.5. The average molecular weight is 331 g/mol. The molecule has 0 aliphatic carbocycles. The molecule has 132 valence electrons. The molecular weight excluding hydrogens is 292 g/mol. The minimum absolute atomic E-state index is 0.00275. The third-order valence-electron chi connectivity index (χ3n) is 3.45. The van der Waals surface area contributed by atoms with Crippen LogP contribution in [0.15, 0.2) is 12.7 Å². The predicted molar refractivity (Wildman–Crippen MR) is 97.1 cm³/mol. The quantitative estimate of drug-likeness (QED) is 0.386. The summed E-state index contributed by atoms with van der Waals surface area (Å²) in [5, 5.41) is -0.205. The summed E-state index contributed by atoms with van der Waals surface area (Å²) in [4.78, 5) is 0. The highest BCUT2D eigenvalue weighted by Gasteiger charge is 2.58. The van der Waals surface area contributed by atoms with Crippen molar-refractivity contribution in [1.29, 1.82) is 0 Å². The zero-order valence-electron chi connectivity index (χ0n) is 16.4. The first-order valence-electron chi connectivity index (χ1n) is 8.44. The van der Waals surface area contributed by atoms with Gasteiger partial charge in [0, 0.05) is 23.4 Å². The van der Waals surface area contributed by atoms with Crippen LogP contribution in [0.2, 0.25) is 5.04 Å². The Morgan fingerprint density at radius 1 is 0.818 bits per heavy atom. The summed E-state index contributed by atoms with van der Waals surface area (Å²) in [6, 6.07) is 0. The van der Waals surface area contributed by atoms with Gasteiger partial charge >= 0.3 is 8.80 Å². The molecule has 3 nitrogen and oxygen atoms in total. The molecule has 0 bridgehead atoms. The van der Waals surface area contributed by atoms with Gasteiger partial charge in [0.2, 0.25) is 0 Å². The highest BCUT2D eigenvalue weighted by molar-refractivity contribution is 6.64. The Balaban J connectivity index is 5.79. The van der Waals surface area contributed by atoms with Crippen LogP contribution in [0.4, 0.5) is 0 Å². The van der Waals surface area contributed by atoms with E-state index in [2.05, 4.69) is 34.3 Å². The van der Waals surface area contributed by atoms with Gasteiger partial charge in [0.1, 0.15) is 0 Å². The standard InChI is InChI=1S/C18H38O3Si/c1-12-17(8,9)13-18(10,11)22(19-14(2)3,20-15(4)5)21-16(6)7/h12,14-16H,1,13H2,2-11H3. The molecule has 0 atom stereocenters. The molecule has 0 fully saturated rings. The zero-order chi connectivity index (χ0) is 17.8. The maximum Gasteiger partial charge on any atom is 0.507 e. The SMILES string of the molecule is C=CC(C)(C)CC(C)(C)[Si](OC(C)C)(OC(C)C)OC(C)C. The summed E-state index contributed by atoms with van der Waals surface area (Å²) < 4.78 is 19.1. The van der Waals surface area contributed by atoms with E-state index >= 15 is 0 Å². The van der Waals surface area contributed by atoms with Gasteiger partial charge in [0.25, 0.3) is 0 Å². The molecule has 0 aliphatic heterocycles. The summed E-state index contributed by atoms with van der Waals surface area (Å²) in [7, 11) is -2.89. The Morgan fingerprint density at radius 2 is 1.14 bits per heavy atom. The smallest absolute Gasteiger partial charge is 0.371 e. The normalized spacial score (nSPS) is 14.2. The number of hydrogen-bond donors (Lipinski definition) is 0. The fourth-order valence-electron chi connectivity index (χ4n) is 2.81. The van der Waals surface area contributed by atoms with Crippen molar-refractivity contribution in [3.8, 4) is 0 Å². The molecule has 0 unspecified atom stereocenters. The van der Waals surface area contributed by atoms with E-state index in [1.807, 2.05) is 47.6 Å². The summed E-state index contributed by atoms with van der Waals surface area (Å²) in [5.74, 6) is 0. The largest absolute Gasteiger partial charge is 0.507 e. The van der Waals surface area contributed by atoms with Crippen molar-refractivity contribution in [3.63, 3.8) is 0 Å². The van der Waals surface area contributed by atoms with Gasteiger partial charge in [-0.05, 0) is 53.4 Å². The minimum Gasteiger partial charge on any atom is -0.371 e. The molecule has 0 heterocycles. The molecule has 0 aromatic carbocycles. The first kappa shape index (κ1) is 21.8. The van der Waals surface area contributed by atoms with Crippen LogP contribution in [0.1, 0.15) is 75.7 Å². The van der Waals surface area contributed by atoms with E-state index in [-0.39, 0.29) is 28.8 Å². The molecule has 0 amide bonds. The summed E-state index contributed by atoms with van der Waals surface area (Å²) >= 11 is 0. The highest BCUT2D eigenvalue weighted by atomic mass is 28.4. The van der Waals surface area contributed by atoms with Crippen molar-refractivity contribution in [3.05, 3.63) is 12.7 Å². The lowest BCUT2D eigenvalue weighted by Crippen LogP contribution is -2.58. The van der Waals surface area contributed by atoms with E-state index in [1.165, 1.54) is 0 Å². The van der Waals surface area contributed by atoms with Crippen molar-refractivity contribution in [2.75, 3.05) is 0 Å². The molecule has 0 N–H and O–H groups in total. The third kappa shape index (κ3) is 6.53. The molecule has 0 rings (SSSR count). The van der Waals surface area contributed by atoms with Crippen LogP contribution in [0.5, 0.6) is 0 Å². The van der Waals surface area contributed by atoms with E-state index in [0.29, 0.717) is 0 Å². The fraction of sp³-hybridized carbons (Fsp3) is 0.889. The maximum atomic E-state index is 6.37. The van der Waals surface area contributed by atoms with Gasteiger partial charge in [-0.2, -0.15) is 0 Å². The molecule has 0 saturated carbocycles. The minimum atomic E-state index is -2.89. The lowest BCUT2D eigenvalue weighted by molar-refractivity contribution is -0.0189. The second-order valence-electron chi connectivity index (χ2n) is 8.31. The zero-order valence-corrected chi connectivity index (χ0v) is 17.4. The third-order valence-corrected chi connectivity index (χ3v) is 7.63. The van der Waals surface area contributed by atoms with Gasteiger partial charge in [-0.1, -0.05) is 33.8 Å². The van der Waals surface area contributed by atoms with Gasteiger partial charge in [-0.15, -0.1) is 6.58 Å². The fourth-order valence-corrected chi connectivity index (χ4v) is 6.47. The molecular formula is C18H38O3Si. The van der Waals surface area contributed by atoms with Crippen LogP contribution >= 0.6 is 0 Å². The Morgan fingerprint density at radius 3 is 1.36 bits per heavy atom. The molecule has 0 aliphatic rings. The molecule has 22 heavy (non-hydrogen) atoms. The van der Waals surface area contributed by atoms with Crippen LogP contribution in [0, 0.1) is 5.41 Å². The highest BCUT2D eigenvalue weighted by Crippen LogP contribution is 2.49. The van der Waals surface area contributed by atoms with Crippen molar-refractivity contribution >= 4 is 8.80 Å². The molecule has 0 radical (unpaired) electrons. The van der Waals surface area contributed by atoms with Crippen molar-refractivity contribution in [2.45, 2.75) is 99.0 Å². The second kappa shape index (κ2) is 8.09. The molecule has 0 aromatic rings. The van der Waals surface area contributed by atoms with Crippen LogP contribution in [0.3, 0.4) is 0 Å². The predicted octanol–water partition coefficient (Wildman–Crippen LogP) is 5.58. The van der Waals surface area contributed by atoms with E-state index in [0.717, 1.165) is 6.42 Å². The van der Waals surface area contributed by atoms with Crippen molar-refractivity contribution in [1.82, 2.24) is 0 Å². The molecule has 0 spiro atoms. The van der Waals surface area contributed by atoms with Crippen LogP contribution < -0.4 is 0 Å². The van der Waals surface area contributed by atoms with Gasteiger partial charge in [-0.3, -0.25) is 0 Å². The summed E-state index contributed by atoms with van der Waals surface area (Å²) in [6.45, 7) is 25.1. The Kier molecular flexibility index (Phi) is 8.03. The van der Waals surface area contributed by atoms with E-state index in [9.17, 15) is 0 Å². The van der Waals surface area contributed by atoms with Crippen molar-refractivity contribution < 1.29 is 13.3 Å². The maximum absolute atomic E-state index is 6.37. The van der Waals surface area contributed by atoms with E-state index < -0.39 is 8.80 Å². The van der Waals surface area contributed by atoms with Crippen LogP contribution in [0.25, 0.3) is 0 Å². The molecule has 0 saturated heterocycles. The number of hydrogen-bond acceptors (Lipinski definition) is 3. The van der Waals surface area contributed by atoms with Gasteiger partial charge in [0.05, 0.1) is 0 Å². The average Bonchev–Trinajstić information content (AvgIpc) is 2.24. The summed E-state index contributed by atoms with van der Waals surface area (Å²) in [6.07, 6.45) is 3.11. The molecule has 0 aromatic heterocycles. The van der Waals surface area contributed by atoms with Crippen LogP contribution in [-0.4, -0.2) is 27.1 Å². The lowest BCUT2D eigenvalue weighted by atomic mass is 9.84. The Labute approximate surface area is 139 Å². The topological polar surface area (TPSA) is 27.7 Å². The van der Waals surface area contributed by atoms with Crippen molar-refractivity contribution in [2.24, 2.45) is 5.41 Å². The summed E-state index contributed by atoms with van der Waals surface area (Å²) in [5.41, 5.74) is 0.00275. The number of rotatable bonds is 10. The number of allylic oxidation sites excluding steroid dienone is 1. The Hall–Kier alpha value is -0.163. The molecule has 4 heteroatoms. The monoisotopic (exact) mass is 330 g/mol. The lowest BCUT2D eigenvalue weighted by Gasteiger charge is -2.46. The first-order valence-corrected chi connectivity index (χ1v) is 10.2. The van der Waals surface area contributed by atoms with E-state index in [1.54, 1.807) is 0 Å². The van der Waals surface area contributed by atoms with Gasteiger partial charge in [-0.25, -0.2) is 0 Å². The Bertz CT molecular complexity index is 320. The van der Waals surface area contributed by atoms with Crippen LogP contribution in [-0.2, 0) is 13.3 Å². The first-order chi connectivity index (χ1) is 9.77. The van der Waals surface area contributed by atoms with E-state index in [4.69, 9.17) is 13.3 Å². The van der Waals surface area contributed by atoms with Gasteiger partial charge in [0.15, 0.2) is 0 Å². The van der Waals surface area contributed by atoms with Gasteiger partial charge < -0.3 is 13.3 Å².